The molecule has 0 aliphatic carbocycles. The Morgan fingerprint density at radius 3 is 2.50 bits per heavy atom. The fourth-order valence-corrected chi connectivity index (χ4v) is 2.52. The molecule has 0 saturated heterocycles. The Morgan fingerprint density at radius 2 is 1.80 bits per heavy atom. The second kappa shape index (κ2) is 7.64. The van der Waals surface area contributed by atoms with Gasteiger partial charge in [-0.25, -0.2) is 0 Å². The van der Waals surface area contributed by atoms with Crippen molar-refractivity contribution in [3.8, 4) is 0 Å². The van der Waals surface area contributed by atoms with E-state index < -0.39 is 0 Å². The van der Waals surface area contributed by atoms with Crippen LogP contribution >= 0.6 is 22.6 Å². The quantitative estimate of drug-likeness (QED) is 0.736. The van der Waals surface area contributed by atoms with Crippen LogP contribution in [0, 0.1) is 3.57 Å². The van der Waals surface area contributed by atoms with E-state index in [9.17, 15) is 0 Å². The van der Waals surface area contributed by atoms with E-state index in [4.69, 9.17) is 4.74 Å². The standard InChI is InChI=1S/C17H20INO/c1-13(14-7-9-16(18)10-8-14)19-17-6-4-3-5-15(17)11-12-20-2/h3-10,13,19H,11-12H2,1-2H3. The Bertz CT molecular complexity index is 539. The highest BCUT2D eigenvalue weighted by atomic mass is 127. The normalized spacial score (nSPS) is 12.2. The first kappa shape index (κ1) is 15.3. The first-order valence-corrected chi connectivity index (χ1v) is 7.87. The minimum absolute atomic E-state index is 0.288. The molecule has 1 atom stereocenters. The first-order valence-electron chi connectivity index (χ1n) is 6.79. The van der Waals surface area contributed by atoms with Crippen molar-refractivity contribution in [1.29, 1.82) is 0 Å². The van der Waals surface area contributed by atoms with Crippen LogP contribution in [0.25, 0.3) is 0 Å². The monoisotopic (exact) mass is 381 g/mol. The lowest BCUT2D eigenvalue weighted by Crippen LogP contribution is -2.09. The van der Waals surface area contributed by atoms with Gasteiger partial charge in [0.25, 0.3) is 0 Å². The summed E-state index contributed by atoms with van der Waals surface area (Å²) in [6, 6.07) is 17.4. The summed E-state index contributed by atoms with van der Waals surface area (Å²) in [4.78, 5) is 0. The first-order chi connectivity index (χ1) is 9.70. The molecule has 0 amide bonds. The predicted molar refractivity (Wildman–Crippen MR) is 93.2 cm³/mol. The summed E-state index contributed by atoms with van der Waals surface area (Å²) in [6.45, 7) is 2.94. The summed E-state index contributed by atoms with van der Waals surface area (Å²) < 4.78 is 6.44. The van der Waals surface area contributed by atoms with E-state index in [1.165, 1.54) is 20.4 Å². The molecule has 0 aromatic heterocycles. The van der Waals surface area contributed by atoms with Gasteiger partial charge in [0.05, 0.1) is 6.61 Å². The van der Waals surface area contributed by atoms with Gasteiger partial charge in [-0.1, -0.05) is 30.3 Å². The molecule has 0 spiro atoms. The number of benzene rings is 2. The van der Waals surface area contributed by atoms with Crippen molar-refractivity contribution in [1.82, 2.24) is 0 Å². The lowest BCUT2D eigenvalue weighted by Gasteiger charge is -2.18. The average molecular weight is 381 g/mol. The van der Waals surface area contributed by atoms with Crippen LogP contribution in [0.3, 0.4) is 0 Å². The molecule has 3 heteroatoms. The van der Waals surface area contributed by atoms with Crippen LogP contribution in [0.15, 0.2) is 48.5 Å². The Morgan fingerprint density at radius 1 is 1.10 bits per heavy atom. The average Bonchev–Trinajstić information content (AvgIpc) is 2.47. The minimum Gasteiger partial charge on any atom is -0.384 e. The van der Waals surface area contributed by atoms with E-state index in [0.29, 0.717) is 0 Å². The van der Waals surface area contributed by atoms with Gasteiger partial charge in [0.2, 0.25) is 0 Å². The van der Waals surface area contributed by atoms with Crippen LogP contribution in [0.5, 0.6) is 0 Å². The van der Waals surface area contributed by atoms with Crippen LogP contribution in [0.4, 0.5) is 5.69 Å². The zero-order valence-corrected chi connectivity index (χ0v) is 14.1. The van der Waals surface area contributed by atoms with Crippen molar-refractivity contribution in [2.24, 2.45) is 0 Å². The maximum atomic E-state index is 5.17. The summed E-state index contributed by atoms with van der Waals surface area (Å²) >= 11 is 2.33. The maximum absolute atomic E-state index is 5.17. The Hall–Kier alpha value is -1.07. The summed E-state index contributed by atoms with van der Waals surface area (Å²) in [7, 11) is 1.74. The van der Waals surface area contributed by atoms with Gasteiger partial charge in [0.1, 0.15) is 0 Å². The smallest absolute Gasteiger partial charge is 0.0503 e. The third-order valence-electron chi connectivity index (χ3n) is 3.33. The van der Waals surface area contributed by atoms with Gasteiger partial charge in [0.15, 0.2) is 0 Å². The van der Waals surface area contributed by atoms with E-state index in [1.54, 1.807) is 7.11 Å². The predicted octanol–water partition coefficient (Wildman–Crippen LogP) is 4.65. The highest BCUT2D eigenvalue weighted by Gasteiger charge is 2.08. The van der Waals surface area contributed by atoms with E-state index >= 15 is 0 Å². The number of nitrogens with one attached hydrogen (secondary N) is 1. The van der Waals surface area contributed by atoms with Crippen molar-refractivity contribution in [3.05, 3.63) is 63.2 Å². The molecule has 1 unspecified atom stereocenters. The van der Waals surface area contributed by atoms with E-state index in [1.807, 2.05) is 0 Å². The molecule has 0 radical (unpaired) electrons. The SMILES string of the molecule is COCCc1ccccc1NC(C)c1ccc(I)cc1. The second-order valence-electron chi connectivity index (χ2n) is 4.82. The third kappa shape index (κ3) is 4.21. The molecule has 106 valence electrons. The van der Waals surface area contributed by atoms with Gasteiger partial charge >= 0.3 is 0 Å². The van der Waals surface area contributed by atoms with Gasteiger partial charge in [0, 0.05) is 22.4 Å². The Balaban J connectivity index is 2.10. The second-order valence-corrected chi connectivity index (χ2v) is 6.06. The van der Waals surface area contributed by atoms with Crippen LogP contribution in [0.1, 0.15) is 24.1 Å². The molecule has 2 aromatic carbocycles. The lowest BCUT2D eigenvalue weighted by atomic mass is 10.1. The Kier molecular flexibility index (Phi) is 5.86. The molecule has 2 nitrogen and oxygen atoms in total. The molecule has 0 heterocycles. The number of methoxy groups -OCH3 is 1. The number of rotatable bonds is 6. The van der Waals surface area contributed by atoms with Gasteiger partial charge in [-0.3, -0.25) is 0 Å². The van der Waals surface area contributed by atoms with Gasteiger partial charge < -0.3 is 10.1 Å². The minimum atomic E-state index is 0.288. The number of ether oxygens (including phenoxy) is 1. The number of hydrogen-bond acceptors (Lipinski definition) is 2. The molecule has 0 fully saturated rings. The van der Waals surface area contributed by atoms with Crippen molar-refractivity contribution < 1.29 is 4.74 Å². The van der Waals surface area contributed by atoms with E-state index in [2.05, 4.69) is 83.4 Å². The molecule has 0 aliphatic heterocycles. The summed E-state index contributed by atoms with van der Waals surface area (Å²) in [5.41, 5.74) is 3.79. The zero-order valence-electron chi connectivity index (χ0n) is 11.9. The number of halogens is 1. The molecule has 0 bridgehead atoms. The van der Waals surface area contributed by atoms with E-state index in [0.717, 1.165) is 13.0 Å². The van der Waals surface area contributed by atoms with Gasteiger partial charge in [-0.15, -0.1) is 0 Å². The van der Waals surface area contributed by atoms with Crippen LogP contribution in [-0.4, -0.2) is 13.7 Å². The number of para-hydroxylation sites is 1. The third-order valence-corrected chi connectivity index (χ3v) is 4.05. The Labute approximate surface area is 134 Å². The summed E-state index contributed by atoms with van der Waals surface area (Å²) in [6.07, 6.45) is 0.930. The van der Waals surface area contributed by atoms with Crippen LogP contribution in [0.2, 0.25) is 0 Å². The van der Waals surface area contributed by atoms with Gasteiger partial charge in [-0.05, 0) is 65.3 Å². The fourth-order valence-electron chi connectivity index (χ4n) is 2.16. The molecular weight excluding hydrogens is 361 g/mol. The molecule has 1 N–H and O–H groups in total. The fraction of sp³-hybridized carbons (Fsp3) is 0.294. The molecule has 0 aliphatic rings. The maximum Gasteiger partial charge on any atom is 0.0503 e. The topological polar surface area (TPSA) is 21.3 Å². The summed E-state index contributed by atoms with van der Waals surface area (Å²) in [5.74, 6) is 0. The number of anilines is 1. The molecule has 20 heavy (non-hydrogen) atoms. The molecule has 2 rings (SSSR count). The molecule has 2 aromatic rings. The highest BCUT2D eigenvalue weighted by Crippen LogP contribution is 2.23. The van der Waals surface area contributed by atoms with E-state index in [-0.39, 0.29) is 6.04 Å². The summed E-state index contributed by atoms with van der Waals surface area (Å²) in [5, 5.41) is 3.60. The molecule has 0 saturated carbocycles. The zero-order chi connectivity index (χ0) is 14.4. The molecular formula is C17H20INO. The highest BCUT2D eigenvalue weighted by molar-refractivity contribution is 14.1. The lowest BCUT2D eigenvalue weighted by molar-refractivity contribution is 0.202. The van der Waals surface area contributed by atoms with Crippen molar-refractivity contribution in [2.75, 3.05) is 19.0 Å². The number of hydrogen-bond donors (Lipinski definition) is 1. The van der Waals surface area contributed by atoms with Crippen molar-refractivity contribution in [3.63, 3.8) is 0 Å². The largest absolute Gasteiger partial charge is 0.384 e. The van der Waals surface area contributed by atoms with Crippen molar-refractivity contribution >= 4 is 28.3 Å². The van der Waals surface area contributed by atoms with Crippen molar-refractivity contribution in [2.45, 2.75) is 19.4 Å². The van der Waals surface area contributed by atoms with Gasteiger partial charge in [-0.2, -0.15) is 0 Å². The van der Waals surface area contributed by atoms with Crippen LogP contribution in [-0.2, 0) is 11.2 Å². The van der Waals surface area contributed by atoms with Crippen LogP contribution < -0.4 is 5.32 Å².